The van der Waals surface area contributed by atoms with Gasteiger partial charge in [0.05, 0.1) is 12.6 Å². The van der Waals surface area contributed by atoms with Crippen LogP contribution in [0, 0.1) is 0 Å². The number of halogens is 1. The number of nitrogens with zero attached hydrogens (tertiary/aromatic N) is 2. The van der Waals surface area contributed by atoms with Gasteiger partial charge in [-0.25, -0.2) is 13.1 Å². The van der Waals surface area contributed by atoms with Crippen LogP contribution in [-0.2, 0) is 19.7 Å². The van der Waals surface area contributed by atoms with E-state index in [4.69, 9.17) is 21.2 Å². The molecule has 8 nitrogen and oxygen atoms in total. The normalized spacial score (nSPS) is 21.6. The molecule has 0 aromatic heterocycles. The molecule has 1 amide bonds. The van der Waals surface area contributed by atoms with E-state index in [1.807, 2.05) is 24.3 Å². The van der Waals surface area contributed by atoms with Gasteiger partial charge in [-0.2, -0.15) is 5.06 Å². The molecule has 0 spiro atoms. The monoisotopic (exact) mass is 493 g/mol. The molecule has 2 heterocycles. The third kappa shape index (κ3) is 5.85. The Bertz CT molecular complexity index is 1080. The molecule has 33 heavy (non-hydrogen) atoms. The minimum Gasteiger partial charge on any atom is -0.457 e. The molecule has 10 heteroatoms. The number of hydrogen-bond donors (Lipinski definition) is 1. The summed E-state index contributed by atoms with van der Waals surface area (Å²) in [6.45, 7) is 1.65. The maximum atomic E-state index is 13.1. The Morgan fingerprint density at radius 1 is 1.18 bits per heavy atom. The van der Waals surface area contributed by atoms with Crippen LogP contribution >= 0.6 is 11.6 Å². The predicted octanol–water partition coefficient (Wildman–Crippen LogP) is 3.35. The van der Waals surface area contributed by atoms with Gasteiger partial charge in [0.15, 0.2) is 0 Å². The average Bonchev–Trinajstić information content (AvgIpc) is 3.39. The van der Waals surface area contributed by atoms with E-state index in [2.05, 4.69) is 4.72 Å². The minimum atomic E-state index is -3.65. The Morgan fingerprint density at radius 3 is 2.70 bits per heavy atom. The largest absolute Gasteiger partial charge is 0.457 e. The lowest BCUT2D eigenvalue weighted by Crippen LogP contribution is -2.40. The number of rotatable bonds is 9. The summed E-state index contributed by atoms with van der Waals surface area (Å²) in [5.74, 6) is 1.37. The maximum absolute atomic E-state index is 13.1. The Morgan fingerprint density at radius 2 is 1.97 bits per heavy atom. The van der Waals surface area contributed by atoms with E-state index < -0.39 is 21.3 Å². The van der Waals surface area contributed by atoms with E-state index in [1.54, 1.807) is 41.3 Å². The lowest BCUT2D eigenvalue weighted by Gasteiger charge is -2.24. The van der Waals surface area contributed by atoms with Gasteiger partial charge in [-0.05, 0) is 54.8 Å². The van der Waals surface area contributed by atoms with Crippen molar-refractivity contribution in [2.24, 2.45) is 0 Å². The van der Waals surface area contributed by atoms with Crippen LogP contribution in [0.4, 0.5) is 0 Å². The van der Waals surface area contributed by atoms with E-state index >= 15 is 0 Å². The zero-order valence-corrected chi connectivity index (χ0v) is 20.0. The molecule has 0 saturated carbocycles. The summed E-state index contributed by atoms with van der Waals surface area (Å²) in [4.78, 5) is 19.1. The zero-order valence-electron chi connectivity index (χ0n) is 18.4. The zero-order chi connectivity index (χ0) is 23.4. The highest BCUT2D eigenvalue weighted by Gasteiger charge is 2.43. The molecule has 2 atom stereocenters. The van der Waals surface area contributed by atoms with Gasteiger partial charge in [0, 0.05) is 38.1 Å². The molecule has 2 unspecified atom stereocenters. The van der Waals surface area contributed by atoms with Gasteiger partial charge in [0.1, 0.15) is 16.7 Å². The van der Waals surface area contributed by atoms with Crippen LogP contribution in [0.1, 0.15) is 30.9 Å². The summed E-state index contributed by atoms with van der Waals surface area (Å²) < 4.78 is 34.8. The number of sulfonamides is 1. The second kappa shape index (κ2) is 10.4. The number of ether oxygens (including phenoxy) is 1. The van der Waals surface area contributed by atoms with Gasteiger partial charge in [-0.3, -0.25) is 9.63 Å². The number of benzene rings is 2. The number of hydroxylamine groups is 2. The SMILES string of the molecule is CN1OCC(S(=O)(=O)NCCCN2CCCC2=O)C1c1cccc(Oc2ccc(Cl)cc2)c1. The van der Waals surface area contributed by atoms with Crippen molar-refractivity contribution in [2.75, 3.05) is 33.3 Å². The van der Waals surface area contributed by atoms with Gasteiger partial charge in [0.2, 0.25) is 15.9 Å². The molecule has 2 aromatic rings. The summed E-state index contributed by atoms with van der Waals surface area (Å²) in [5, 5.41) is 1.42. The first kappa shape index (κ1) is 24.0. The smallest absolute Gasteiger partial charge is 0.222 e. The van der Waals surface area contributed by atoms with E-state index in [0.717, 1.165) is 18.5 Å². The Hall–Kier alpha value is -2.17. The first-order valence-corrected chi connectivity index (χ1v) is 12.9. The van der Waals surface area contributed by atoms with Crippen molar-refractivity contribution >= 4 is 27.5 Å². The fourth-order valence-electron chi connectivity index (χ4n) is 4.21. The predicted molar refractivity (Wildman–Crippen MR) is 126 cm³/mol. The molecule has 178 valence electrons. The van der Waals surface area contributed by atoms with Gasteiger partial charge in [-0.1, -0.05) is 23.7 Å². The topological polar surface area (TPSA) is 88.2 Å². The van der Waals surface area contributed by atoms with Crippen molar-refractivity contribution in [1.29, 1.82) is 0 Å². The van der Waals surface area contributed by atoms with E-state index in [1.165, 1.54) is 0 Å². The van der Waals surface area contributed by atoms with Crippen molar-refractivity contribution in [1.82, 2.24) is 14.7 Å². The van der Waals surface area contributed by atoms with Gasteiger partial charge < -0.3 is 9.64 Å². The molecule has 1 N–H and O–H groups in total. The molecule has 2 aliphatic rings. The fraction of sp³-hybridized carbons (Fsp3) is 0.435. The van der Waals surface area contributed by atoms with Gasteiger partial charge >= 0.3 is 0 Å². The summed E-state index contributed by atoms with van der Waals surface area (Å²) in [6, 6.07) is 13.9. The molecule has 0 bridgehead atoms. The van der Waals surface area contributed by atoms with Crippen LogP contribution in [0.5, 0.6) is 11.5 Å². The molecule has 2 saturated heterocycles. The second-order valence-corrected chi connectivity index (χ2v) is 10.7. The third-order valence-electron chi connectivity index (χ3n) is 5.91. The van der Waals surface area contributed by atoms with Crippen LogP contribution in [0.3, 0.4) is 0 Å². The van der Waals surface area contributed by atoms with E-state index in [0.29, 0.717) is 35.9 Å². The van der Waals surface area contributed by atoms with Crippen LogP contribution in [0.2, 0.25) is 5.02 Å². The summed E-state index contributed by atoms with van der Waals surface area (Å²) in [5.41, 5.74) is 0.777. The number of likely N-dealkylation sites (tertiary alicyclic amines) is 1. The lowest BCUT2D eigenvalue weighted by atomic mass is 10.0. The minimum absolute atomic E-state index is 0.0589. The van der Waals surface area contributed by atoms with Crippen molar-refractivity contribution in [3.63, 3.8) is 0 Å². The first-order valence-electron chi connectivity index (χ1n) is 11.0. The Kier molecular flexibility index (Phi) is 7.55. The molecule has 4 rings (SSSR count). The first-order chi connectivity index (χ1) is 15.8. The third-order valence-corrected chi connectivity index (χ3v) is 7.96. The second-order valence-electron chi connectivity index (χ2n) is 8.23. The highest BCUT2D eigenvalue weighted by Crippen LogP contribution is 2.35. The highest BCUT2D eigenvalue weighted by atomic mass is 35.5. The molecular weight excluding hydrogens is 466 g/mol. The number of hydrogen-bond acceptors (Lipinski definition) is 6. The van der Waals surface area contributed by atoms with Gasteiger partial charge in [-0.15, -0.1) is 0 Å². The van der Waals surface area contributed by atoms with Crippen molar-refractivity contribution in [3.8, 4) is 11.5 Å². The van der Waals surface area contributed by atoms with Crippen LogP contribution in [-0.4, -0.2) is 62.8 Å². The van der Waals surface area contributed by atoms with E-state index in [-0.39, 0.29) is 19.1 Å². The van der Waals surface area contributed by atoms with Crippen LogP contribution < -0.4 is 9.46 Å². The molecule has 2 fully saturated rings. The highest BCUT2D eigenvalue weighted by molar-refractivity contribution is 7.90. The lowest BCUT2D eigenvalue weighted by molar-refractivity contribution is -0.127. The van der Waals surface area contributed by atoms with Crippen molar-refractivity contribution < 1.29 is 22.8 Å². The van der Waals surface area contributed by atoms with Gasteiger partial charge in [0.25, 0.3) is 0 Å². The van der Waals surface area contributed by atoms with Crippen LogP contribution in [0.25, 0.3) is 0 Å². The number of amides is 1. The van der Waals surface area contributed by atoms with Crippen molar-refractivity contribution in [3.05, 3.63) is 59.1 Å². The standard InChI is InChI=1S/C23H28ClN3O5S/c1-26-23(17-5-2-6-20(15-17)32-19-10-8-18(24)9-11-19)21(16-31-26)33(29,30)25-12-4-14-27-13-3-7-22(27)28/h2,5-6,8-11,15,21,23,25H,3-4,7,12-14,16H2,1H3. The maximum Gasteiger partial charge on any atom is 0.222 e. The summed E-state index contributed by atoms with van der Waals surface area (Å²) in [7, 11) is -1.92. The summed E-state index contributed by atoms with van der Waals surface area (Å²) in [6.07, 6.45) is 2.03. The molecule has 0 aliphatic carbocycles. The number of nitrogens with one attached hydrogen (secondary N) is 1. The quantitative estimate of drug-likeness (QED) is 0.539. The average molecular weight is 494 g/mol. The molecule has 2 aliphatic heterocycles. The van der Waals surface area contributed by atoms with E-state index in [9.17, 15) is 13.2 Å². The number of carbonyl (C=O) groups excluding carboxylic acids is 1. The molecule has 2 aromatic carbocycles. The summed E-state index contributed by atoms with van der Waals surface area (Å²) >= 11 is 5.93. The molecular formula is C23H28ClN3O5S. The Balaban J connectivity index is 1.41. The molecule has 0 radical (unpaired) electrons. The van der Waals surface area contributed by atoms with Crippen LogP contribution in [0.15, 0.2) is 48.5 Å². The number of carbonyl (C=O) groups is 1. The fourth-order valence-corrected chi connectivity index (χ4v) is 5.89. The Labute approximate surface area is 199 Å². The van der Waals surface area contributed by atoms with Crippen molar-refractivity contribution in [2.45, 2.75) is 30.6 Å².